The number of carbonyl (C=O) groups excluding carboxylic acids is 1. The summed E-state index contributed by atoms with van der Waals surface area (Å²) in [6.45, 7) is 2.45. The molecule has 0 bridgehead atoms. The van der Waals surface area contributed by atoms with Crippen molar-refractivity contribution in [3.8, 4) is 0 Å². The SMILES string of the molecule is CN(C)CCN(Cc1ccccc1)c1cc(Cl)nc(SCc2cccc(C(=O)NC3CCCCC3)c2)n1. The van der Waals surface area contributed by atoms with Gasteiger partial charge in [-0.25, -0.2) is 9.97 Å². The van der Waals surface area contributed by atoms with Crippen molar-refractivity contribution in [2.45, 2.75) is 55.6 Å². The van der Waals surface area contributed by atoms with Crippen molar-refractivity contribution in [3.05, 3.63) is 82.5 Å². The Morgan fingerprint density at radius 2 is 1.73 bits per heavy atom. The van der Waals surface area contributed by atoms with Gasteiger partial charge in [-0.3, -0.25) is 4.79 Å². The molecule has 2 aromatic carbocycles. The lowest BCUT2D eigenvalue weighted by Gasteiger charge is -2.26. The van der Waals surface area contributed by atoms with E-state index in [-0.39, 0.29) is 5.91 Å². The van der Waals surface area contributed by atoms with Gasteiger partial charge in [0.2, 0.25) is 0 Å². The van der Waals surface area contributed by atoms with Crippen LogP contribution in [-0.4, -0.2) is 54.0 Å². The fourth-order valence-corrected chi connectivity index (χ4v) is 5.50. The van der Waals surface area contributed by atoms with Crippen LogP contribution < -0.4 is 10.2 Å². The van der Waals surface area contributed by atoms with Crippen molar-refractivity contribution in [3.63, 3.8) is 0 Å². The molecule has 3 aromatic rings. The number of amides is 1. The van der Waals surface area contributed by atoms with Gasteiger partial charge in [0.15, 0.2) is 5.16 Å². The Labute approximate surface area is 229 Å². The monoisotopic (exact) mass is 537 g/mol. The third-order valence-corrected chi connectivity index (χ3v) is 7.63. The van der Waals surface area contributed by atoms with Crippen molar-refractivity contribution in [1.29, 1.82) is 0 Å². The van der Waals surface area contributed by atoms with Gasteiger partial charge in [0.25, 0.3) is 5.91 Å². The number of anilines is 1. The zero-order chi connectivity index (χ0) is 26.0. The summed E-state index contributed by atoms with van der Waals surface area (Å²) < 4.78 is 0. The Balaban J connectivity index is 1.44. The Morgan fingerprint density at radius 3 is 2.49 bits per heavy atom. The van der Waals surface area contributed by atoms with Gasteiger partial charge in [-0.15, -0.1) is 0 Å². The topological polar surface area (TPSA) is 61.4 Å². The number of nitrogens with one attached hydrogen (secondary N) is 1. The second-order valence-corrected chi connectivity index (χ2v) is 11.2. The zero-order valence-corrected chi connectivity index (χ0v) is 23.3. The number of aromatic nitrogens is 2. The highest BCUT2D eigenvalue weighted by molar-refractivity contribution is 7.98. The highest BCUT2D eigenvalue weighted by Crippen LogP contribution is 2.26. The zero-order valence-electron chi connectivity index (χ0n) is 21.7. The van der Waals surface area contributed by atoms with Crippen molar-refractivity contribution in [2.75, 3.05) is 32.1 Å². The summed E-state index contributed by atoms with van der Waals surface area (Å²) in [6.07, 6.45) is 5.81. The first-order chi connectivity index (χ1) is 18.0. The largest absolute Gasteiger partial charge is 0.351 e. The number of halogens is 1. The van der Waals surface area contributed by atoms with E-state index in [9.17, 15) is 4.79 Å². The van der Waals surface area contributed by atoms with Crippen molar-refractivity contribution in [2.24, 2.45) is 0 Å². The highest BCUT2D eigenvalue weighted by atomic mass is 35.5. The molecule has 1 aliphatic carbocycles. The van der Waals surface area contributed by atoms with Crippen LogP contribution in [0.3, 0.4) is 0 Å². The number of thioether (sulfide) groups is 1. The number of nitrogens with zero attached hydrogens (tertiary/aromatic N) is 4. The molecular weight excluding hydrogens is 502 g/mol. The van der Waals surface area contributed by atoms with Crippen molar-refractivity contribution < 1.29 is 4.79 Å². The van der Waals surface area contributed by atoms with E-state index in [0.29, 0.717) is 27.7 Å². The minimum atomic E-state index is 0.0116. The van der Waals surface area contributed by atoms with Gasteiger partial charge in [0, 0.05) is 43.1 Å². The Kier molecular flexibility index (Phi) is 10.2. The summed E-state index contributed by atoms with van der Waals surface area (Å²) in [5.74, 6) is 1.48. The van der Waals surface area contributed by atoms with Gasteiger partial charge in [0.1, 0.15) is 11.0 Å². The molecule has 37 heavy (non-hydrogen) atoms. The molecule has 1 N–H and O–H groups in total. The first kappa shape index (κ1) is 27.4. The number of benzene rings is 2. The molecule has 1 aromatic heterocycles. The lowest BCUT2D eigenvalue weighted by molar-refractivity contribution is 0.0927. The van der Waals surface area contributed by atoms with E-state index >= 15 is 0 Å². The van der Waals surface area contributed by atoms with E-state index in [1.807, 2.05) is 36.4 Å². The molecule has 0 aliphatic heterocycles. The van der Waals surface area contributed by atoms with E-state index in [2.05, 4.69) is 58.5 Å². The Hall–Kier alpha value is -2.61. The molecule has 0 saturated heterocycles. The molecule has 1 amide bonds. The van der Waals surface area contributed by atoms with Crippen LogP contribution in [-0.2, 0) is 12.3 Å². The van der Waals surface area contributed by atoms with E-state index in [1.165, 1.54) is 36.6 Å². The van der Waals surface area contributed by atoms with Gasteiger partial charge < -0.3 is 15.1 Å². The molecule has 1 saturated carbocycles. The van der Waals surface area contributed by atoms with Crippen LogP contribution in [0.5, 0.6) is 0 Å². The summed E-state index contributed by atoms with van der Waals surface area (Å²) >= 11 is 7.98. The molecule has 0 spiro atoms. The van der Waals surface area contributed by atoms with Crippen molar-refractivity contribution in [1.82, 2.24) is 20.2 Å². The predicted molar refractivity (Wildman–Crippen MR) is 153 cm³/mol. The number of carbonyl (C=O) groups is 1. The van der Waals surface area contributed by atoms with Crippen LogP contribution in [0, 0.1) is 0 Å². The molecule has 6 nitrogen and oxygen atoms in total. The number of hydrogen-bond donors (Lipinski definition) is 1. The van der Waals surface area contributed by atoms with Gasteiger partial charge in [-0.2, -0.15) is 0 Å². The quantitative estimate of drug-likeness (QED) is 0.182. The summed E-state index contributed by atoms with van der Waals surface area (Å²) in [4.78, 5) is 26.5. The van der Waals surface area contributed by atoms with Gasteiger partial charge in [0.05, 0.1) is 0 Å². The Bertz CT molecular complexity index is 1150. The van der Waals surface area contributed by atoms with Crippen LogP contribution in [0.15, 0.2) is 65.8 Å². The fourth-order valence-electron chi connectivity index (χ4n) is 4.48. The molecule has 0 atom stereocenters. The maximum atomic E-state index is 12.8. The molecule has 196 valence electrons. The van der Waals surface area contributed by atoms with E-state index < -0.39 is 0 Å². The van der Waals surface area contributed by atoms with E-state index in [4.69, 9.17) is 16.6 Å². The molecule has 8 heteroatoms. The number of hydrogen-bond acceptors (Lipinski definition) is 6. The summed E-state index contributed by atoms with van der Waals surface area (Å²) in [7, 11) is 4.14. The van der Waals surface area contributed by atoms with Crippen LogP contribution in [0.4, 0.5) is 5.82 Å². The van der Waals surface area contributed by atoms with Crippen LogP contribution in [0.2, 0.25) is 5.15 Å². The van der Waals surface area contributed by atoms with Gasteiger partial charge in [-0.1, -0.05) is 85.1 Å². The molecule has 0 radical (unpaired) electrons. The van der Waals surface area contributed by atoms with Gasteiger partial charge >= 0.3 is 0 Å². The molecule has 1 fully saturated rings. The van der Waals surface area contributed by atoms with Crippen LogP contribution in [0.1, 0.15) is 53.6 Å². The number of likely N-dealkylation sites (N-methyl/N-ethyl adjacent to an activating group) is 1. The molecule has 4 rings (SSSR count). The lowest BCUT2D eigenvalue weighted by Crippen LogP contribution is -2.36. The van der Waals surface area contributed by atoms with Crippen LogP contribution >= 0.6 is 23.4 Å². The van der Waals surface area contributed by atoms with Gasteiger partial charge in [-0.05, 0) is 50.2 Å². The highest BCUT2D eigenvalue weighted by Gasteiger charge is 2.17. The van der Waals surface area contributed by atoms with Crippen LogP contribution in [0.25, 0.3) is 0 Å². The normalized spacial score (nSPS) is 14.1. The summed E-state index contributed by atoms with van der Waals surface area (Å²) in [6, 6.07) is 20.3. The standard InChI is InChI=1S/C29H36ClN5OS/c1-34(2)16-17-35(20-22-10-5-3-6-11-22)27-19-26(30)32-29(33-27)37-21-23-12-9-13-24(18-23)28(36)31-25-14-7-4-8-15-25/h3,5-6,9-13,18-19,25H,4,7-8,14-17,20-21H2,1-2H3,(H,31,36). The second-order valence-electron chi connectivity index (χ2n) is 9.84. The molecular formula is C29H36ClN5OS. The fraction of sp³-hybridized carbons (Fsp3) is 0.414. The smallest absolute Gasteiger partial charge is 0.251 e. The average Bonchev–Trinajstić information content (AvgIpc) is 2.91. The average molecular weight is 538 g/mol. The summed E-state index contributed by atoms with van der Waals surface area (Å²) in [5.41, 5.74) is 2.97. The summed E-state index contributed by atoms with van der Waals surface area (Å²) in [5, 5.41) is 4.26. The second kappa shape index (κ2) is 13.8. The van der Waals surface area contributed by atoms with E-state index in [0.717, 1.165) is 43.9 Å². The first-order valence-electron chi connectivity index (χ1n) is 13.0. The first-order valence-corrected chi connectivity index (χ1v) is 14.3. The number of rotatable bonds is 11. The molecule has 0 unspecified atom stereocenters. The van der Waals surface area contributed by atoms with Crippen molar-refractivity contribution >= 4 is 35.1 Å². The maximum absolute atomic E-state index is 12.8. The Morgan fingerprint density at radius 1 is 0.973 bits per heavy atom. The minimum absolute atomic E-state index is 0.0116. The maximum Gasteiger partial charge on any atom is 0.251 e. The lowest BCUT2D eigenvalue weighted by atomic mass is 9.95. The van der Waals surface area contributed by atoms with E-state index in [1.54, 1.807) is 0 Å². The molecule has 1 aliphatic rings. The minimum Gasteiger partial charge on any atom is -0.351 e. The third-order valence-electron chi connectivity index (χ3n) is 6.52. The predicted octanol–water partition coefficient (Wildman–Crippen LogP) is 6.05. The third kappa shape index (κ3) is 8.73. The molecule has 1 heterocycles.